The molecule has 1 saturated carbocycles. The Morgan fingerprint density at radius 3 is 2.71 bits per heavy atom. The Bertz CT molecular complexity index is 204. The standard InChI is InChI=1S/C13H26N2O2/c16-13(10-15-7-5-14-6-8-15)11-17-9-4-12-2-1-3-12/h12-14,16H,1-11H2. The molecule has 1 unspecified atom stereocenters. The Balaban J connectivity index is 1.46. The van der Waals surface area contributed by atoms with Crippen molar-refractivity contribution in [3.63, 3.8) is 0 Å². The zero-order valence-electron chi connectivity index (χ0n) is 10.7. The summed E-state index contributed by atoms with van der Waals surface area (Å²) in [6.07, 6.45) is 5.02. The normalized spacial score (nSPS) is 24.5. The molecule has 2 N–H and O–H groups in total. The molecular weight excluding hydrogens is 216 g/mol. The van der Waals surface area contributed by atoms with Crippen molar-refractivity contribution in [1.29, 1.82) is 0 Å². The summed E-state index contributed by atoms with van der Waals surface area (Å²) in [5, 5.41) is 13.2. The molecular formula is C13H26N2O2. The fraction of sp³-hybridized carbons (Fsp3) is 1.00. The van der Waals surface area contributed by atoms with Gasteiger partial charge in [0.15, 0.2) is 0 Å². The van der Waals surface area contributed by atoms with E-state index in [1.807, 2.05) is 0 Å². The third-order valence-electron chi connectivity index (χ3n) is 3.88. The highest BCUT2D eigenvalue weighted by molar-refractivity contribution is 4.71. The van der Waals surface area contributed by atoms with Crippen LogP contribution in [0.25, 0.3) is 0 Å². The fourth-order valence-electron chi connectivity index (χ4n) is 2.50. The van der Waals surface area contributed by atoms with E-state index in [1.165, 1.54) is 25.7 Å². The van der Waals surface area contributed by atoms with Gasteiger partial charge >= 0.3 is 0 Å². The third-order valence-corrected chi connectivity index (χ3v) is 3.88. The van der Waals surface area contributed by atoms with Crippen LogP contribution in [0.5, 0.6) is 0 Å². The maximum atomic E-state index is 9.85. The van der Waals surface area contributed by atoms with E-state index in [-0.39, 0.29) is 6.10 Å². The van der Waals surface area contributed by atoms with Gasteiger partial charge in [0, 0.05) is 39.3 Å². The molecule has 1 saturated heterocycles. The summed E-state index contributed by atoms with van der Waals surface area (Å²) in [5.74, 6) is 0.903. The molecule has 4 nitrogen and oxygen atoms in total. The Hall–Kier alpha value is -0.160. The molecule has 0 spiro atoms. The van der Waals surface area contributed by atoms with Crippen molar-refractivity contribution < 1.29 is 9.84 Å². The molecule has 1 atom stereocenters. The first-order valence-corrected chi connectivity index (χ1v) is 7.03. The van der Waals surface area contributed by atoms with E-state index in [2.05, 4.69) is 10.2 Å². The molecule has 0 aromatic carbocycles. The molecule has 1 aliphatic heterocycles. The van der Waals surface area contributed by atoms with Crippen LogP contribution >= 0.6 is 0 Å². The molecule has 1 aliphatic carbocycles. The van der Waals surface area contributed by atoms with E-state index in [9.17, 15) is 5.11 Å². The lowest BCUT2D eigenvalue weighted by Crippen LogP contribution is -2.47. The number of hydrogen-bond donors (Lipinski definition) is 2. The van der Waals surface area contributed by atoms with Gasteiger partial charge < -0.3 is 15.2 Å². The topological polar surface area (TPSA) is 44.7 Å². The van der Waals surface area contributed by atoms with Gasteiger partial charge in [-0.3, -0.25) is 4.90 Å². The Kier molecular flexibility index (Phi) is 5.71. The zero-order valence-corrected chi connectivity index (χ0v) is 10.7. The van der Waals surface area contributed by atoms with Gasteiger partial charge in [-0.15, -0.1) is 0 Å². The molecule has 2 aliphatic rings. The van der Waals surface area contributed by atoms with Gasteiger partial charge in [-0.05, 0) is 12.3 Å². The van der Waals surface area contributed by atoms with Crippen LogP contribution in [0.15, 0.2) is 0 Å². The SMILES string of the molecule is OC(COCCC1CCC1)CN1CCNCC1. The first-order valence-electron chi connectivity index (χ1n) is 7.03. The third kappa shape index (κ3) is 4.92. The summed E-state index contributed by atoms with van der Waals surface area (Å²) < 4.78 is 5.55. The number of β-amino-alcohol motifs (C(OH)–C–C–N with tert-alkyl or cyclic N) is 1. The Labute approximate surface area is 104 Å². The second kappa shape index (κ2) is 7.31. The van der Waals surface area contributed by atoms with Gasteiger partial charge in [0.05, 0.1) is 12.7 Å². The first kappa shape index (κ1) is 13.3. The molecule has 4 heteroatoms. The summed E-state index contributed by atoms with van der Waals surface area (Å²) in [4.78, 5) is 2.30. The minimum Gasteiger partial charge on any atom is -0.389 e. The van der Waals surface area contributed by atoms with Crippen LogP contribution in [0.4, 0.5) is 0 Å². The number of ether oxygens (including phenoxy) is 1. The minimum atomic E-state index is -0.325. The smallest absolute Gasteiger partial charge is 0.0900 e. The van der Waals surface area contributed by atoms with E-state index >= 15 is 0 Å². The molecule has 0 radical (unpaired) electrons. The van der Waals surface area contributed by atoms with E-state index < -0.39 is 0 Å². The maximum Gasteiger partial charge on any atom is 0.0900 e. The summed E-state index contributed by atoms with van der Waals surface area (Å²) >= 11 is 0. The van der Waals surface area contributed by atoms with Crippen LogP contribution < -0.4 is 5.32 Å². The summed E-state index contributed by atoms with van der Waals surface area (Å²) in [6.45, 7) is 6.23. The van der Waals surface area contributed by atoms with Crippen molar-refractivity contribution in [2.45, 2.75) is 31.8 Å². The van der Waals surface area contributed by atoms with Crippen molar-refractivity contribution in [1.82, 2.24) is 10.2 Å². The van der Waals surface area contributed by atoms with E-state index in [4.69, 9.17) is 4.74 Å². The number of rotatable bonds is 7. The Morgan fingerprint density at radius 1 is 1.29 bits per heavy atom. The lowest BCUT2D eigenvalue weighted by Gasteiger charge is -2.29. The van der Waals surface area contributed by atoms with E-state index in [0.29, 0.717) is 6.61 Å². The van der Waals surface area contributed by atoms with Gasteiger partial charge in [0.2, 0.25) is 0 Å². The van der Waals surface area contributed by atoms with Crippen molar-refractivity contribution in [3.05, 3.63) is 0 Å². The fourth-order valence-corrected chi connectivity index (χ4v) is 2.50. The van der Waals surface area contributed by atoms with Crippen LogP contribution in [0, 0.1) is 5.92 Å². The molecule has 1 heterocycles. The number of piperazine rings is 1. The molecule has 2 rings (SSSR count). The molecule has 17 heavy (non-hydrogen) atoms. The first-order chi connectivity index (χ1) is 8.34. The summed E-state index contributed by atoms with van der Waals surface area (Å²) in [6, 6.07) is 0. The monoisotopic (exact) mass is 242 g/mol. The lowest BCUT2D eigenvalue weighted by atomic mass is 9.83. The van der Waals surface area contributed by atoms with Gasteiger partial charge in [0.1, 0.15) is 0 Å². The quantitative estimate of drug-likeness (QED) is 0.637. The summed E-state index contributed by atoms with van der Waals surface area (Å²) in [5.41, 5.74) is 0. The molecule has 2 fully saturated rings. The van der Waals surface area contributed by atoms with Gasteiger partial charge in [0.25, 0.3) is 0 Å². The number of nitrogens with zero attached hydrogens (tertiary/aromatic N) is 1. The van der Waals surface area contributed by atoms with Crippen molar-refractivity contribution in [2.75, 3.05) is 45.9 Å². The van der Waals surface area contributed by atoms with Crippen molar-refractivity contribution >= 4 is 0 Å². The highest BCUT2D eigenvalue weighted by atomic mass is 16.5. The molecule has 0 aromatic heterocycles. The van der Waals surface area contributed by atoms with Gasteiger partial charge in [-0.1, -0.05) is 19.3 Å². The highest BCUT2D eigenvalue weighted by Gasteiger charge is 2.17. The summed E-state index contributed by atoms with van der Waals surface area (Å²) in [7, 11) is 0. The number of aliphatic hydroxyl groups is 1. The predicted octanol–water partition coefficient (Wildman–Crippen LogP) is 0.459. The van der Waals surface area contributed by atoms with Crippen LogP contribution in [0.3, 0.4) is 0 Å². The Morgan fingerprint density at radius 2 is 2.06 bits per heavy atom. The zero-order chi connectivity index (χ0) is 11.9. The molecule has 0 bridgehead atoms. The van der Waals surface area contributed by atoms with Crippen LogP contribution in [-0.4, -0.2) is 62.0 Å². The van der Waals surface area contributed by atoms with E-state index in [0.717, 1.165) is 45.2 Å². The second-order valence-corrected chi connectivity index (χ2v) is 5.36. The lowest BCUT2D eigenvalue weighted by molar-refractivity contribution is 0.00820. The largest absolute Gasteiger partial charge is 0.389 e. The van der Waals surface area contributed by atoms with Gasteiger partial charge in [-0.2, -0.15) is 0 Å². The molecule has 100 valence electrons. The van der Waals surface area contributed by atoms with Crippen molar-refractivity contribution in [3.8, 4) is 0 Å². The maximum absolute atomic E-state index is 9.85. The number of nitrogens with one attached hydrogen (secondary N) is 1. The minimum absolute atomic E-state index is 0.325. The number of aliphatic hydroxyl groups excluding tert-OH is 1. The second-order valence-electron chi connectivity index (χ2n) is 5.36. The predicted molar refractivity (Wildman–Crippen MR) is 68.1 cm³/mol. The average molecular weight is 242 g/mol. The van der Waals surface area contributed by atoms with Crippen LogP contribution in [0.2, 0.25) is 0 Å². The van der Waals surface area contributed by atoms with Crippen LogP contribution in [0.1, 0.15) is 25.7 Å². The van der Waals surface area contributed by atoms with E-state index in [1.54, 1.807) is 0 Å². The van der Waals surface area contributed by atoms with Gasteiger partial charge in [-0.25, -0.2) is 0 Å². The highest BCUT2D eigenvalue weighted by Crippen LogP contribution is 2.29. The van der Waals surface area contributed by atoms with Crippen molar-refractivity contribution in [2.24, 2.45) is 5.92 Å². The number of hydrogen-bond acceptors (Lipinski definition) is 4. The average Bonchev–Trinajstić information content (AvgIpc) is 2.27. The van der Waals surface area contributed by atoms with Crippen LogP contribution in [-0.2, 0) is 4.74 Å². The molecule has 0 amide bonds. The molecule has 0 aromatic rings.